The summed E-state index contributed by atoms with van der Waals surface area (Å²) in [5.41, 5.74) is 1.76. The lowest BCUT2D eigenvalue weighted by atomic mass is 10.5. The second kappa shape index (κ2) is 3.93. The molecule has 0 amide bonds. The molecule has 56 valence electrons. The lowest BCUT2D eigenvalue weighted by molar-refractivity contribution is 0.305. The fourth-order valence-electron chi connectivity index (χ4n) is 0.514. The molecule has 10 heavy (non-hydrogen) atoms. The van der Waals surface area contributed by atoms with Crippen LogP contribution in [-0.4, -0.2) is 11.6 Å². The number of halogens is 1. The molecule has 0 aliphatic rings. The van der Waals surface area contributed by atoms with Crippen LogP contribution in [0.5, 0.6) is 5.88 Å². The molecule has 0 aliphatic carbocycles. The molecule has 0 radical (unpaired) electrons. The highest BCUT2D eigenvalue weighted by molar-refractivity contribution is 9.11. The summed E-state index contributed by atoms with van der Waals surface area (Å²) in [6.07, 6.45) is 1.02. The quantitative estimate of drug-likeness (QED) is 0.784. The highest BCUT2D eigenvalue weighted by atomic mass is 79.9. The van der Waals surface area contributed by atoms with Crippen LogP contribution in [0.15, 0.2) is 9.30 Å². The van der Waals surface area contributed by atoms with Gasteiger partial charge in [0.2, 0.25) is 5.88 Å². The molecule has 0 N–H and O–H groups in total. The molecule has 1 aromatic heterocycles. The van der Waals surface area contributed by atoms with Crippen LogP contribution in [0, 0.1) is 0 Å². The standard InChI is InChI=1S/C6H8BrNOS/c1-2-3-9-6-5(7)10-4-8-6/h4H,2-3H2,1H3. The minimum atomic E-state index is 0.715. The van der Waals surface area contributed by atoms with Gasteiger partial charge in [-0.2, -0.15) is 0 Å². The van der Waals surface area contributed by atoms with E-state index in [9.17, 15) is 0 Å². The number of aromatic nitrogens is 1. The van der Waals surface area contributed by atoms with Crippen molar-refractivity contribution in [1.82, 2.24) is 4.98 Å². The summed E-state index contributed by atoms with van der Waals surface area (Å²) in [7, 11) is 0. The van der Waals surface area contributed by atoms with E-state index in [2.05, 4.69) is 27.8 Å². The van der Waals surface area contributed by atoms with Gasteiger partial charge in [0.15, 0.2) is 0 Å². The van der Waals surface area contributed by atoms with Gasteiger partial charge in [-0.3, -0.25) is 0 Å². The van der Waals surface area contributed by atoms with Crippen LogP contribution in [0.25, 0.3) is 0 Å². The predicted octanol–water partition coefficient (Wildman–Crippen LogP) is 2.69. The second-order valence-electron chi connectivity index (χ2n) is 1.78. The Hall–Kier alpha value is -0.0900. The van der Waals surface area contributed by atoms with Gasteiger partial charge in [-0.1, -0.05) is 6.92 Å². The van der Waals surface area contributed by atoms with Crippen LogP contribution in [0.1, 0.15) is 13.3 Å². The summed E-state index contributed by atoms with van der Waals surface area (Å²) in [4.78, 5) is 4.00. The fraction of sp³-hybridized carbons (Fsp3) is 0.500. The first-order chi connectivity index (χ1) is 4.84. The zero-order valence-electron chi connectivity index (χ0n) is 5.63. The highest BCUT2D eigenvalue weighted by Gasteiger charge is 2.01. The van der Waals surface area contributed by atoms with E-state index in [4.69, 9.17) is 4.74 Å². The molecular weight excluding hydrogens is 214 g/mol. The van der Waals surface area contributed by atoms with Gasteiger partial charge in [0.25, 0.3) is 0 Å². The molecule has 1 aromatic rings. The van der Waals surface area contributed by atoms with Crippen LogP contribution in [0.4, 0.5) is 0 Å². The minimum Gasteiger partial charge on any atom is -0.476 e. The smallest absolute Gasteiger partial charge is 0.239 e. The van der Waals surface area contributed by atoms with E-state index in [-0.39, 0.29) is 0 Å². The van der Waals surface area contributed by atoms with Gasteiger partial charge in [0, 0.05) is 0 Å². The second-order valence-corrected chi connectivity index (χ2v) is 3.95. The Labute approximate surface area is 72.4 Å². The average Bonchev–Trinajstić information content (AvgIpc) is 2.31. The third-order valence-electron chi connectivity index (χ3n) is 0.937. The fourth-order valence-corrected chi connectivity index (χ4v) is 1.44. The van der Waals surface area contributed by atoms with E-state index >= 15 is 0 Å². The van der Waals surface area contributed by atoms with E-state index in [1.54, 1.807) is 5.51 Å². The third-order valence-corrected chi connectivity index (χ3v) is 2.43. The number of nitrogens with zero attached hydrogens (tertiary/aromatic N) is 1. The molecule has 0 saturated carbocycles. The molecule has 0 aromatic carbocycles. The summed E-state index contributed by atoms with van der Waals surface area (Å²) in [6, 6.07) is 0. The SMILES string of the molecule is CCCOc1ncsc1Br. The van der Waals surface area contributed by atoms with Crippen LogP contribution in [0.3, 0.4) is 0 Å². The third kappa shape index (κ3) is 1.95. The molecule has 0 aliphatic heterocycles. The molecular formula is C6H8BrNOS. The van der Waals surface area contributed by atoms with Crippen molar-refractivity contribution in [2.45, 2.75) is 13.3 Å². The molecule has 2 nitrogen and oxygen atoms in total. The molecule has 0 atom stereocenters. The van der Waals surface area contributed by atoms with Crippen LogP contribution >= 0.6 is 27.3 Å². The summed E-state index contributed by atoms with van der Waals surface area (Å²) in [6.45, 7) is 2.81. The van der Waals surface area contributed by atoms with Gasteiger partial charge in [-0.05, 0) is 22.4 Å². The zero-order chi connectivity index (χ0) is 7.40. The maximum Gasteiger partial charge on any atom is 0.239 e. The first kappa shape index (κ1) is 8.01. The van der Waals surface area contributed by atoms with Gasteiger partial charge >= 0.3 is 0 Å². The Morgan fingerprint density at radius 3 is 3.10 bits per heavy atom. The van der Waals surface area contributed by atoms with Gasteiger partial charge in [0.1, 0.15) is 3.79 Å². The Bertz CT molecular complexity index is 201. The molecule has 0 unspecified atom stereocenters. The molecule has 1 rings (SSSR count). The Morgan fingerprint density at radius 1 is 1.80 bits per heavy atom. The summed E-state index contributed by atoms with van der Waals surface area (Å²) in [5.74, 6) is 0.715. The van der Waals surface area contributed by atoms with Crippen molar-refractivity contribution in [3.05, 3.63) is 9.30 Å². The summed E-state index contributed by atoms with van der Waals surface area (Å²) < 4.78 is 6.25. The number of thiazole rings is 1. The normalized spacial score (nSPS) is 9.80. The van der Waals surface area contributed by atoms with Gasteiger partial charge in [0.05, 0.1) is 12.1 Å². The topological polar surface area (TPSA) is 22.1 Å². The number of hydrogen-bond donors (Lipinski definition) is 0. The maximum atomic E-state index is 5.28. The predicted molar refractivity (Wildman–Crippen MR) is 45.6 cm³/mol. The lowest BCUT2D eigenvalue weighted by Crippen LogP contribution is -1.94. The van der Waals surface area contributed by atoms with Gasteiger partial charge < -0.3 is 4.74 Å². The monoisotopic (exact) mass is 221 g/mol. The van der Waals surface area contributed by atoms with Crippen LogP contribution in [0.2, 0.25) is 0 Å². The Kier molecular flexibility index (Phi) is 3.15. The average molecular weight is 222 g/mol. The Morgan fingerprint density at radius 2 is 2.60 bits per heavy atom. The van der Waals surface area contributed by atoms with Crippen molar-refractivity contribution in [2.75, 3.05) is 6.61 Å². The van der Waals surface area contributed by atoms with E-state index in [0.717, 1.165) is 16.8 Å². The summed E-state index contributed by atoms with van der Waals surface area (Å²) >= 11 is 4.86. The van der Waals surface area contributed by atoms with Crippen molar-refractivity contribution < 1.29 is 4.74 Å². The van der Waals surface area contributed by atoms with E-state index < -0.39 is 0 Å². The number of ether oxygens (including phenoxy) is 1. The molecule has 0 saturated heterocycles. The van der Waals surface area contributed by atoms with Crippen molar-refractivity contribution in [3.63, 3.8) is 0 Å². The van der Waals surface area contributed by atoms with E-state index in [1.165, 1.54) is 11.3 Å². The van der Waals surface area contributed by atoms with E-state index in [0.29, 0.717) is 5.88 Å². The van der Waals surface area contributed by atoms with Gasteiger partial charge in [-0.15, -0.1) is 11.3 Å². The van der Waals surface area contributed by atoms with E-state index in [1.807, 2.05) is 0 Å². The molecule has 0 fully saturated rings. The van der Waals surface area contributed by atoms with Gasteiger partial charge in [-0.25, -0.2) is 4.98 Å². The molecule has 0 spiro atoms. The molecule has 1 heterocycles. The van der Waals surface area contributed by atoms with Crippen LogP contribution in [-0.2, 0) is 0 Å². The van der Waals surface area contributed by atoms with Crippen molar-refractivity contribution in [2.24, 2.45) is 0 Å². The summed E-state index contributed by atoms with van der Waals surface area (Å²) in [5, 5.41) is 0. The highest BCUT2D eigenvalue weighted by Crippen LogP contribution is 2.27. The van der Waals surface area contributed by atoms with Crippen molar-refractivity contribution in [1.29, 1.82) is 0 Å². The molecule has 4 heteroatoms. The van der Waals surface area contributed by atoms with Crippen molar-refractivity contribution >= 4 is 27.3 Å². The minimum absolute atomic E-state index is 0.715. The number of rotatable bonds is 3. The number of hydrogen-bond acceptors (Lipinski definition) is 3. The van der Waals surface area contributed by atoms with Crippen LogP contribution < -0.4 is 4.74 Å². The largest absolute Gasteiger partial charge is 0.476 e. The Balaban J connectivity index is 2.49. The molecule has 0 bridgehead atoms. The lowest BCUT2D eigenvalue weighted by Gasteiger charge is -1.98. The van der Waals surface area contributed by atoms with Crippen molar-refractivity contribution in [3.8, 4) is 5.88 Å². The zero-order valence-corrected chi connectivity index (χ0v) is 8.04. The first-order valence-electron chi connectivity index (χ1n) is 3.06. The first-order valence-corrected chi connectivity index (χ1v) is 4.73. The maximum absolute atomic E-state index is 5.28.